The predicted octanol–water partition coefficient (Wildman–Crippen LogP) is 2.19. The monoisotopic (exact) mass is 382 g/mol. The van der Waals surface area contributed by atoms with Crippen LogP contribution in [0.5, 0.6) is 0 Å². The Hall–Kier alpha value is -2.42. The van der Waals surface area contributed by atoms with Crippen molar-refractivity contribution in [2.75, 3.05) is 6.54 Å². The third-order valence-electron chi connectivity index (χ3n) is 4.46. The standard InChI is InChI=1S/C18H21F3N4O2/c1-24-15(22-17(23-24)13-7-8-13)9-16(27)25(11-14(26)18(19,20)21)10-12-5-3-2-4-6-12/h2-6,13-14,26H,7-11H2,1H3. The number of aliphatic hydroxyl groups excluding tert-OH is 1. The van der Waals surface area contributed by atoms with Gasteiger partial charge in [-0.1, -0.05) is 30.3 Å². The topological polar surface area (TPSA) is 71.2 Å². The van der Waals surface area contributed by atoms with Gasteiger partial charge in [0.1, 0.15) is 5.82 Å². The minimum Gasteiger partial charge on any atom is -0.382 e. The van der Waals surface area contributed by atoms with E-state index in [0.717, 1.165) is 17.7 Å². The van der Waals surface area contributed by atoms with Crippen LogP contribution in [0.2, 0.25) is 0 Å². The zero-order chi connectivity index (χ0) is 19.6. The lowest BCUT2D eigenvalue weighted by atomic mass is 10.2. The summed E-state index contributed by atoms with van der Waals surface area (Å²) in [6.07, 6.45) is -5.55. The molecule has 0 saturated heterocycles. The van der Waals surface area contributed by atoms with Crippen molar-refractivity contribution < 1.29 is 23.1 Å². The molecule has 1 unspecified atom stereocenters. The van der Waals surface area contributed by atoms with Crippen LogP contribution in [0.1, 0.15) is 36.0 Å². The Kier molecular flexibility index (Phi) is 5.50. The van der Waals surface area contributed by atoms with E-state index in [1.165, 1.54) is 4.68 Å². The van der Waals surface area contributed by atoms with E-state index in [1.54, 1.807) is 37.4 Å². The van der Waals surface area contributed by atoms with Gasteiger partial charge in [0.15, 0.2) is 11.9 Å². The SMILES string of the molecule is Cn1nc(C2CC2)nc1CC(=O)N(Cc1ccccc1)CC(O)C(F)(F)F. The zero-order valence-electron chi connectivity index (χ0n) is 14.9. The number of rotatable bonds is 7. The van der Waals surface area contributed by atoms with Gasteiger partial charge in [-0.05, 0) is 18.4 Å². The van der Waals surface area contributed by atoms with E-state index in [2.05, 4.69) is 10.1 Å². The molecule has 6 nitrogen and oxygen atoms in total. The van der Waals surface area contributed by atoms with Gasteiger partial charge in [-0.2, -0.15) is 18.3 Å². The molecule has 0 aliphatic heterocycles. The number of benzene rings is 1. The smallest absolute Gasteiger partial charge is 0.382 e. The van der Waals surface area contributed by atoms with Gasteiger partial charge in [-0.25, -0.2) is 4.98 Å². The minimum absolute atomic E-state index is 0.0276. The molecule has 1 amide bonds. The Morgan fingerprint density at radius 3 is 2.59 bits per heavy atom. The summed E-state index contributed by atoms with van der Waals surface area (Å²) in [5, 5.41) is 13.7. The molecule has 9 heteroatoms. The molecule has 27 heavy (non-hydrogen) atoms. The van der Waals surface area contributed by atoms with Crippen molar-refractivity contribution in [2.24, 2.45) is 7.05 Å². The molecule has 1 aromatic carbocycles. The lowest BCUT2D eigenvalue weighted by Gasteiger charge is -2.26. The summed E-state index contributed by atoms with van der Waals surface area (Å²) in [5.41, 5.74) is 0.678. The van der Waals surface area contributed by atoms with Crippen molar-refractivity contribution in [1.29, 1.82) is 0 Å². The number of aliphatic hydroxyl groups is 1. The van der Waals surface area contributed by atoms with Gasteiger partial charge in [-0.15, -0.1) is 0 Å². The van der Waals surface area contributed by atoms with Crippen molar-refractivity contribution in [3.05, 3.63) is 47.5 Å². The molecular formula is C18H21F3N4O2. The largest absolute Gasteiger partial charge is 0.416 e. The van der Waals surface area contributed by atoms with Crippen LogP contribution in [0.15, 0.2) is 30.3 Å². The highest BCUT2D eigenvalue weighted by atomic mass is 19.4. The van der Waals surface area contributed by atoms with Gasteiger partial charge in [0.25, 0.3) is 0 Å². The molecule has 0 spiro atoms. The van der Waals surface area contributed by atoms with Gasteiger partial charge < -0.3 is 10.0 Å². The molecule has 3 rings (SSSR count). The number of carbonyl (C=O) groups is 1. The molecule has 1 heterocycles. The number of aryl methyl sites for hydroxylation is 1. The van der Waals surface area contributed by atoms with E-state index in [0.29, 0.717) is 23.1 Å². The molecular weight excluding hydrogens is 361 g/mol. The van der Waals surface area contributed by atoms with Crippen LogP contribution < -0.4 is 0 Å². The number of hydrogen-bond acceptors (Lipinski definition) is 4. The minimum atomic E-state index is -4.79. The highest BCUT2D eigenvalue weighted by molar-refractivity contribution is 5.78. The summed E-state index contributed by atoms with van der Waals surface area (Å²) in [7, 11) is 1.66. The number of alkyl halides is 3. The number of hydrogen-bond donors (Lipinski definition) is 1. The van der Waals surface area contributed by atoms with E-state index in [4.69, 9.17) is 0 Å². The number of aromatic nitrogens is 3. The van der Waals surface area contributed by atoms with Crippen LogP contribution in [0.25, 0.3) is 0 Å². The van der Waals surface area contributed by atoms with E-state index >= 15 is 0 Å². The van der Waals surface area contributed by atoms with Gasteiger partial charge >= 0.3 is 6.18 Å². The maximum atomic E-state index is 12.8. The van der Waals surface area contributed by atoms with Gasteiger partial charge in [-0.3, -0.25) is 9.48 Å². The van der Waals surface area contributed by atoms with Crippen molar-refractivity contribution >= 4 is 5.91 Å². The van der Waals surface area contributed by atoms with Crippen molar-refractivity contribution in [2.45, 2.75) is 44.0 Å². The first-order valence-corrected chi connectivity index (χ1v) is 8.70. The van der Waals surface area contributed by atoms with E-state index in [1.807, 2.05) is 0 Å². The van der Waals surface area contributed by atoms with Crippen LogP contribution >= 0.6 is 0 Å². The van der Waals surface area contributed by atoms with Crippen molar-refractivity contribution in [3.63, 3.8) is 0 Å². The summed E-state index contributed by atoms with van der Waals surface area (Å²) in [5.74, 6) is 0.847. The molecule has 0 radical (unpaired) electrons. The van der Waals surface area contributed by atoms with E-state index in [-0.39, 0.29) is 13.0 Å². The Labute approximate surface area is 154 Å². The second-order valence-electron chi connectivity index (χ2n) is 6.78. The first-order chi connectivity index (χ1) is 12.7. The molecule has 1 N–H and O–H groups in total. The maximum absolute atomic E-state index is 12.8. The summed E-state index contributed by atoms with van der Waals surface area (Å²) in [6.45, 7) is -0.856. The second kappa shape index (κ2) is 7.67. The van der Waals surface area contributed by atoms with Crippen molar-refractivity contribution in [3.8, 4) is 0 Å². The van der Waals surface area contributed by atoms with Gasteiger partial charge in [0.05, 0.1) is 13.0 Å². The van der Waals surface area contributed by atoms with Crippen LogP contribution in [-0.2, 0) is 24.8 Å². The fourth-order valence-electron chi connectivity index (χ4n) is 2.72. The molecule has 1 saturated carbocycles. The predicted molar refractivity (Wildman–Crippen MR) is 90.6 cm³/mol. The average molecular weight is 382 g/mol. The summed E-state index contributed by atoms with van der Waals surface area (Å²) in [6, 6.07) is 8.69. The third-order valence-corrected chi connectivity index (χ3v) is 4.46. The Morgan fingerprint density at radius 1 is 1.33 bits per heavy atom. The zero-order valence-corrected chi connectivity index (χ0v) is 14.9. The summed E-state index contributed by atoms with van der Waals surface area (Å²) in [4.78, 5) is 18.1. The van der Waals surface area contributed by atoms with E-state index in [9.17, 15) is 23.1 Å². The normalized spacial score (nSPS) is 15.6. The Morgan fingerprint density at radius 2 is 2.00 bits per heavy atom. The molecule has 1 aliphatic carbocycles. The third kappa shape index (κ3) is 5.06. The maximum Gasteiger partial charge on any atom is 0.416 e. The Bertz CT molecular complexity index is 788. The number of nitrogens with zero attached hydrogens (tertiary/aromatic N) is 4. The van der Waals surface area contributed by atoms with Crippen LogP contribution in [0.4, 0.5) is 13.2 Å². The molecule has 2 aromatic rings. The number of halogens is 3. The number of carbonyl (C=O) groups excluding carboxylic acids is 1. The quantitative estimate of drug-likeness (QED) is 0.797. The van der Waals surface area contributed by atoms with Crippen molar-refractivity contribution in [1.82, 2.24) is 19.7 Å². The first-order valence-electron chi connectivity index (χ1n) is 8.70. The number of amides is 1. The van der Waals surface area contributed by atoms with E-state index < -0.39 is 24.7 Å². The lowest BCUT2D eigenvalue weighted by Crippen LogP contribution is -2.44. The fraction of sp³-hybridized carbons (Fsp3) is 0.500. The van der Waals surface area contributed by atoms with Crippen LogP contribution in [0.3, 0.4) is 0 Å². The summed E-state index contributed by atoms with van der Waals surface area (Å²) >= 11 is 0. The molecule has 146 valence electrons. The fourth-order valence-corrected chi connectivity index (χ4v) is 2.72. The first kappa shape index (κ1) is 19.3. The van der Waals surface area contributed by atoms with Crippen LogP contribution in [0, 0.1) is 0 Å². The molecule has 0 bridgehead atoms. The Balaban J connectivity index is 1.75. The van der Waals surface area contributed by atoms with Gasteiger partial charge in [0.2, 0.25) is 5.91 Å². The average Bonchev–Trinajstić information content (AvgIpc) is 3.39. The highest BCUT2D eigenvalue weighted by Gasteiger charge is 2.40. The van der Waals surface area contributed by atoms with Gasteiger partial charge in [0, 0.05) is 19.5 Å². The second-order valence-corrected chi connectivity index (χ2v) is 6.78. The highest BCUT2D eigenvalue weighted by Crippen LogP contribution is 2.38. The summed E-state index contributed by atoms with van der Waals surface area (Å²) < 4.78 is 39.9. The molecule has 1 aromatic heterocycles. The lowest BCUT2D eigenvalue weighted by molar-refractivity contribution is -0.208. The molecule has 1 aliphatic rings. The molecule has 1 atom stereocenters. The molecule has 1 fully saturated rings. The van der Waals surface area contributed by atoms with Crippen LogP contribution in [-0.4, -0.2) is 49.5 Å².